The number of hydrogen-bond donors (Lipinski definition) is 2. The quantitative estimate of drug-likeness (QED) is 0.667. The molecule has 0 fully saturated rings. The minimum absolute atomic E-state index is 0.242. The zero-order valence-electron chi connectivity index (χ0n) is 8.62. The summed E-state index contributed by atoms with van der Waals surface area (Å²) in [5.74, 6) is 0.742. The van der Waals surface area contributed by atoms with Crippen LogP contribution in [0.2, 0.25) is 0 Å². The fourth-order valence-electron chi connectivity index (χ4n) is 1.19. The van der Waals surface area contributed by atoms with Crippen LogP contribution >= 0.6 is 0 Å². The summed E-state index contributed by atoms with van der Waals surface area (Å²) in [4.78, 5) is 0. The molecule has 0 radical (unpaired) electrons. The van der Waals surface area contributed by atoms with E-state index in [9.17, 15) is 10.2 Å². The Labute approximate surface area is 75.6 Å². The van der Waals surface area contributed by atoms with Gasteiger partial charge in [-0.1, -0.05) is 27.7 Å². The molecule has 0 spiro atoms. The number of aliphatic hydroxyl groups is 2. The molecule has 0 heterocycles. The maximum atomic E-state index is 9.48. The zero-order chi connectivity index (χ0) is 9.72. The first-order valence-electron chi connectivity index (χ1n) is 4.79. The van der Waals surface area contributed by atoms with Crippen LogP contribution in [0.1, 0.15) is 40.5 Å². The van der Waals surface area contributed by atoms with Gasteiger partial charge in [0.05, 0.1) is 12.2 Å². The molecule has 2 atom stereocenters. The second-order valence-electron chi connectivity index (χ2n) is 4.33. The van der Waals surface area contributed by atoms with Gasteiger partial charge in [0.15, 0.2) is 0 Å². The fraction of sp³-hybridized carbons (Fsp3) is 1.00. The Hall–Kier alpha value is -0.0800. The van der Waals surface area contributed by atoms with Gasteiger partial charge in [0, 0.05) is 0 Å². The molecule has 0 aliphatic heterocycles. The van der Waals surface area contributed by atoms with Crippen molar-refractivity contribution in [3.05, 3.63) is 0 Å². The van der Waals surface area contributed by atoms with E-state index in [0.717, 1.165) is 6.42 Å². The van der Waals surface area contributed by atoms with Gasteiger partial charge in [0.2, 0.25) is 0 Å². The fourth-order valence-corrected chi connectivity index (χ4v) is 1.19. The van der Waals surface area contributed by atoms with Gasteiger partial charge in [-0.3, -0.25) is 0 Å². The van der Waals surface area contributed by atoms with Crippen molar-refractivity contribution in [3.8, 4) is 0 Å². The summed E-state index contributed by atoms with van der Waals surface area (Å²) in [7, 11) is 0. The van der Waals surface area contributed by atoms with Crippen LogP contribution in [0.15, 0.2) is 0 Å². The third-order valence-corrected chi connectivity index (χ3v) is 2.03. The molecule has 0 amide bonds. The Morgan fingerprint density at radius 1 is 0.917 bits per heavy atom. The van der Waals surface area contributed by atoms with E-state index in [2.05, 4.69) is 13.8 Å². The second kappa shape index (κ2) is 5.55. The van der Waals surface area contributed by atoms with Crippen molar-refractivity contribution in [2.75, 3.05) is 0 Å². The summed E-state index contributed by atoms with van der Waals surface area (Å²) in [5.41, 5.74) is 0. The van der Waals surface area contributed by atoms with Crippen LogP contribution in [0.3, 0.4) is 0 Å². The first kappa shape index (κ1) is 11.9. The summed E-state index contributed by atoms with van der Waals surface area (Å²) >= 11 is 0. The van der Waals surface area contributed by atoms with Crippen LogP contribution in [0, 0.1) is 11.8 Å². The maximum absolute atomic E-state index is 9.48. The Balaban J connectivity index is 3.61. The first-order chi connectivity index (χ1) is 5.43. The highest BCUT2D eigenvalue weighted by atomic mass is 16.3. The van der Waals surface area contributed by atoms with Gasteiger partial charge in [-0.25, -0.2) is 0 Å². The first-order valence-corrected chi connectivity index (χ1v) is 4.79. The van der Waals surface area contributed by atoms with Crippen molar-refractivity contribution in [3.63, 3.8) is 0 Å². The molecule has 0 saturated heterocycles. The highest BCUT2D eigenvalue weighted by Gasteiger charge is 2.15. The smallest absolute Gasteiger partial charge is 0.0587 e. The van der Waals surface area contributed by atoms with Crippen LogP contribution in [-0.4, -0.2) is 22.4 Å². The van der Waals surface area contributed by atoms with Crippen molar-refractivity contribution >= 4 is 0 Å². The van der Waals surface area contributed by atoms with Gasteiger partial charge in [-0.2, -0.15) is 0 Å². The standard InChI is InChI=1S/C10H22O2/c1-7(2)5-9(11)6-10(12)8(3)4/h7-12H,5-6H2,1-4H3/t9-,10+/m0/s1. The highest BCUT2D eigenvalue weighted by molar-refractivity contribution is 4.67. The molecule has 0 rings (SSSR count). The average Bonchev–Trinajstić information content (AvgIpc) is 1.84. The number of aliphatic hydroxyl groups excluding tert-OH is 2. The zero-order valence-corrected chi connectivity index (χ0v) is 8.62. The van der Waals surface area contributed by atoms with E-state index in [1.54, 1.807) is 0 Å². The topological polar surface area (TPSA) is 40.5 Å². The highest BCUT2D eigenvalue weighted by Crippen LogP contribution is 2.13. The minimum atomic E-state index is -0.362. The van der Waals surface area contributed by atoms with Crippen molar-refractivity contribution in [2.24, 2.45) is 11.8 Å². The maximum Gasteiger partial charge on any atom is 0.0587 e. The molecule has 74 valence electrons. The summed E-state index contributed by atoms with van der Waals surface area (Å²) in [6.45, 7) is 8.08. The Bertz CT molecular complexity index is 110. The third kappa shape index (κ3) is 5.56. The van der Waals surface area contributed by atoms with Crippen molar-refractivity contribution in [1.82, 2.24) is 0 Å². The Morgan fingerprint density at radius 3 is 1.75 bits per heavy atom. The molecule has 0 aliphatic rings. The summed E-state index contributed by atoms with van der Waals surface area (Å²) in [6.07, 6.45) is 0.584. The number of hydrogen-bond acceptors (Lipinski definition) is 2. The van der Waals surface area contributed by atoms with E-state index in [-0.39, 0.29) is 18.1 Å². The Kier molecular flexibility index (Phi) is 5.51. The molecule has 0 aromatic carbocycles. The van der Waals surface area contributed by atoms with Gasteiger partial charge in [0.25, 0.3) is 0 Å². The van der Waals surface area contributed by atoms with Crippen LogP contribution in [0.5, 0.6) is 0 Å². The molecule has 2 N–H and O–H groups in total. The molecule has 12 heavy (non-hydrogen) atoms. The van der Waals surface area contributed by atoms with Gasteiger partial charge in [-0.05, 0) is 24.7 Å². The third-order valence-electron chi connectivity index (χ3n) is 2.03. The molecule has 2 heteroatoms. The molecule has 0 aliphatic carbocycles. The van der Waals surface area contributed by atoms with Gasteiger partial charge in [-0.15, -0.1) is 0 Å². The van der Waals surface area contributed by atoms with Crippen molar-refractivity contribution in [2.45, 2.75) is 52.7 Å². The SMILES string of the molecule is CC(C)C[C@H](O)C[C@@H](O)C(C)C. The predicted molar refractivity (Wildman–Crippen MR) is 50.9 cm³/mol. The van der Waals surface area contributed by atoms with E-state index in [4.69, 9.17) is 0 Å². The van der Waals surface area contributed by atoms with Crippen LogP contribution in [0.4, 0.5) is 0 Å². The van der Waals surface area contributed by atoms with Crippen molar-refractivity contribution in [1.29, 1.82) is 0 Å². The summed E-state index contributed by atoms with van der Waals surface area (Å²) in [6, 6.07) is 0. The Morgan fingerprint density at radius 2 is 1.42 bits per heavy atom. The lowest BCUT2D eigenvalue weighted by Crippen LogP contribution is -2.23. The van der Waals surface area contributed by atoms with Crippen molar-refractivity contribution < 1.29 is 10.2 Å². The van der Waals surface area contributed by atoms with Gasteiger partial charge < -0.3 is 10.2 Å². The monoisotopic (exact) mass is 174 g/mol. The number of rotatable bonds is 5. The summed E-state index contributed by atoms with van der Waals surface area (Å²) < 4.78 is 0. The molecule has 0 bridgehead atoms. The van der Waals surface area contributed by atoms with E-state index in [1.807, 2.05) is 13.8 Å². The van der Waals surface area contributed by atoms with Crippen LogP contribution in [-0.2, 0) is 0 Å². The predicted octanol–water partition coefficient (Wildman–Crippen LogP) is 1.80. The molecular weight excluding hydrogens is 152 g/mol. The van der Waals surface area contributed by atoms with E-state index in [1.165, 1.54) is 0 Å². The van der Waals surface area contributed by atoms with Crippen LogP contribution < -0.4 is 0 Å². The lowest BCUT2D eigenvalue weighted by Gasteiger charge is -2.19. The molecule has 0 aromatic heterocycles. The molecule has 2 nitrogen and oxygen atoms in total. The van der Waals surface area contributed by atoms with E-state index in [0.29, 0.717) is 12.3 Å². The van der Waals surface area contributed by atoms with Gasteiger partial charge in [0.1, 0.15) is 0 Å². The van der Waals surface area contributed by atoms with Gasteiger partial charge >= 0.3 is 0 Å². The normalized spacial score (nSPS) is 17.0. The lowest BCUT2D eigenvalue weighted by molar-refractivity contribution is 0.0446. The lowest BCUT2D eigenvalue weighted by atomic mass is 9.96. The summed E-state index contributed by atoms with van der Waals surface area (Å²) in [5, 5.41) is 18.9. The molecule has 0 aromatic rings. The van der Waals surface area contributed by atoms with E-state index >= 15 is 0 Å². The minimum Gasteiger partial charge on any atom is -0.393 e. The average molecular weight is 174 g/mol. The van der Waals surface area contributed by atoms with Crippen LogP contribution in [0.25, 0.3) is 0 Å². The molecular formula is C10H22O2. The largest absolute Gasteiger partial charge is 0.393 e. The second-order valence-corrected chi connectivity index (χ2v) is 4.33. The molecule has 0 unspecified atom stereocenters. The van der Waals surface area contributed by atoms with E-state index < -0.39 is 0 Å². The molecule has 0 saturated carbocycles.